The van der Waals surface area contributed by atoms with Crippen LogP contribution >= 0.6 is 0 Å². The van der Waals surface area contributed by atoms with Gasteiger partial charge in [-0.3, -0.25) is 20.4 Å². The number of hydrazine groups is 1. The van der Waals surface area contributed by atoms with Gasteiger partial charge in [0.15, 0.2) is 18.1 Å². The number of rotatable bonds is 10. The van der Waals surface area contributed by atoms with E-state index in [0.29, 0.717) is 31.1 Å². The fourth-order valence-electron chi connectivity index (χ4n) is 2.36. The lowest BCUT2D eigenvalue weighted by Gasteiger charge is -2.12. The molecule has 0 aliphatic heterocycles. The maximum Gasteiger partial charge on any atom is 0.276 e. The van der Waals surface area contributed by atoms with Gasteiger partial charge < -0.3 is 14.2 Å². The molecule has 2 amide bonds. The van der Waals surface area contributed by atoms with Crippen molar-refractivity contribution in [3.05, 3.63) is 54.1 Å². The monoisotopic (exact) mass is 386 g/mol. The number of benzene rings is 2. The third kappa shape index (κ3) is 7.19. The summed E-state index contributed by atoms with van der Waals surface area (Å²) < 4.78 is 16.5. The molecule has 0 fully saturated rings. The summed E-state index contributed by atoms with van der Waals surface area (Å²) in [6.45, 7) is 4.51. The minimum absolute atomic E-state index is 0.235. The number of carbonyl (C=O) groups excluding carboxylic acids is 2. The minimum atomic E-state index is -0.462. The third-order valence-electron chi connectivity index (χ3n) is 3.75. The molecule has 2 N–H and O–H groups in total. The zero-order valence-electron chi connectivity index (χ0n) is 16.2. The molecule has 0 heterocycles. The summed E-state index contributed by atoms with van der Waals surface area (Å²) in [6.07, 6.45) is 0.772. The van der Waals surface area contributed by atoms with Crippen LogP contribution in [0, 0.1) is 6.92 Å². The van der Waals surface area contributed by atoms with E-state index in [2.05, 4.69) is 10.9 Å². The molecule has 0 aliphatic rings. The first-order chi connectivity index (χ1) is 13.6. The molecule has 150 valence electrons. The summed E-state index contributed by atoms with van der Waals surface area (Å²) in [5.41, 5.74) is 5.74. The lowest BCUT2D eigenvalue weighted by molar-refractivity contribution is -0.130. The molecule has 0 spiro atoms. The summed E-state index contributed by atoms with van der Waals surface area (Å²) >= 11 is 0. The van der Waals surface area contributed by atoms with Crippen LogP contribution in [0.4, 0.5) is 0 Å². The Morgan fingerprint density at radius 2 is 1.43 bits per heavy atom. The summed E-state index contributed by atoms with van der Waals surface area (Å²) in [4.78, 5) is 23.6. The van der Waals surface area contributed by atoms with Crippen molar-refractivity contribution in [3.8, 4) is 17.2 Å². The predicted molar refractivity (Wildman–Crippen MR) is 105 cm³/mol. The Bertz CT molecular complexity index is 779. The number of hydrogen-bond donors (Lipinski definition) is 2. The number of nitrogens with one attached hydrogen (secondary N) is 2. The standard InChI is InChI=1S/C21H26N2O5/c1-3-26-18-11-6-7-12-19(18)28-15-21(25)23-22-20(24)13-8-14-27-17-10-5-4-9-16(17)2/h4-7,9-12H,3,8,13-15H2,1-2H3,(H,22,24)(H,23,25). The highest BCUT2D eigenvalue weighted by atomic mass is 16.5. The topological polar surface area (TPSA) is 85.9 Å². The molecule has 0 unspecified atom stereocenters. The molecule has 0 aliphatic carbocycles. The Morgan fingerprint density at radius 3 is 2.11 bits per heavy atom. The van der Waals surface area contributed by atoms with Gasteiger partial charge in [0.1, 0.15) is 5.75 Å². The second-order valence-corrected chi connectivity index (χ2v) is 5.98. The van der Waals surface area contributed by atoms with Gasteiger partial charge in [-0.15, -0.1) is 0 Å². The predicted octanol–water partition coefficient (Wildman–Crippen LogP) is 2.78. The first-order valence-electron chi connectivity index (χ1n) is 9.21. The van der Waals surface area contributed by atoms with E-state index in [1.165, 1.54) is 0 Å². The van der Waals surface area contributed by atoms with Crippen LogP contribution < -0.4 is 25.1 Å². The molecule has 0 atom stereocenters. The summed E-state index contributed by atoms with van der Waals surface area (Å²) in [5, 5.41) is 0. The van der Waals surface area contributed by atoms with Crippen LogP contribution in [0.1, 0.15) is 25.3 Å². The maximum atomic E-state index is 11.8. The quantitative estimate of drug-likeness (QED) is 0.484. The molecule has 7 nitrogen and oxygen atoms in total. The van der Waals surface area contributed by atoms with Crippen LogP contribution in [-0.4, -0.2) is 31.6 Å². The second-order valence-electron chi connectivity index (χ2n) is 5.98. The van der Waals surface area contributed by atoms with Crippen molar-refractivity contribution in [3.63, 3.8) is 0 Å². The van der Waals surface area contributed by atoms with Gasteiger partial charge in [0.2, 0.25) is 5.91 Å². The van der Waals surface area contributed by atoms with Crippen LogP contribution in [-0.2, 0) is 9.59 Å². The number of ether oxygens (including phenoxy) is 3. The van der Waals surface area contributed by atoms with E-state index in [-0.39, 0.29) is 18.9 Å². The van der Waals surface area contributed by atoms with Gasteiger partial charge >= 0.3 is 0 Å². The Kier molecular flexibility index (Phi) is 8.65. The fourth-order valence-corrected chi connectivity index (χ4v) is 2.36. The molecule has 2 aromatic carbocycles. The molecule has 7 heteroatoms. The highest BCUT2D eigenvalue weighted by molar-refractivity contribution is 5.82. The van der Waals surface area contributed by atoms with Crippen LogP contribution in [0.15, 0.2) is 48.5 Å². The number of hydrogen-bond acceptors (Lipinski definition) is 5. The molecule has 2 rings (SSSR count). The first-order valence-corrected chi connectivity index (χ1v) is 9.21. The molecule has 28 heavy (non-hydrogen) atoms. The maximum absolute atomic E-state index is 11.8. The Hall–Kier alpha value is -3.22. The Balaban J connectivity index is 1.62. The van der Waals surface area contributed by atoms with Crippen molar-refractivity contribution < 1.29 is 23.8 Å². The van der Waals surface area contributed by atoms with Gasteiger partial charge in [0.05, 0.1) is 13.2 Å². The molecule has 0 radical (unpaired) electrons. The lowest BCUT2D eigenvalue weighted by atomic mass is 10.2. The summed E-state index contributed by atoms with van der Waals surface area (Å²) in [5.74, 6) is 1.09. The van der Waals surface area contributed by atoms with Crippen LogP contribution in [0.25, 0.3) is 0 Å². The van der Waals surface area contributed by atoms with Crippen molar-refractivity contribution in [2.75, 3.05) is 19.8 Å². The van der Waals surface area contributed by atoms with E-state index in [1.54, 1.807) is 18.2 Å². The molecular formula is C21H26N2O5. The van der Waals surface area contributed by atoms with Crippen LogP contribution in [0.2, 0.25) is 0 Å². The first kappa shape index (κ1) is 21.1. The van der Waals surface area contributed by atoms with Gasteiger partial charge in [-0.1, -0.05) is 30.3 Å². The van der Waals surface area contributed by atoms with Crippen molar-refractivity contribution in [2.45, 2.75) is 26.7 Å². The van der Waals surface area contributed by atoms with Gasteiger partial charge in [0, 0.05) is 6.42 Å². The van der Waals surface area contributed by atoms with E-state index < -0.39 is 5.91 Å². The average molecular weight is 386 g/mol. The second kappa shape index (κ2) is 11.5. The van der Waals surface area contributed by atoms with Gasteiger partial charge in [-0.2, -0.15) is 0 Å². The smallest absolute Gasteiger partial charge is 0.276 e. The van der Waals surface area contributed by atoms with E-state index in [1.807, 2.05) is 44.2 Å². The van der Waals surface area contributed by atoms with Gasteiger partial charge in [-0.05, 0) is 44.0 Å². The van der Waals surface area contributed by atoms with Gasteiger partial charge in [0.25, 0.3) is 5.91 Å². The number of aryl methyl sites for hydroxylation is 1. The van der Waals surface area contributed by atoms with E-state index in [0.717, 1.165) is 11.3 Å². The van der Waals surface area contributed by atoms with Crippen LogP contribution in [0.3, 0.4) is 0 Å². The zero-order chi connectivity index (χ0) is 20.2. The SMILES string of the molecule is CCOc1ccccc1OCC(=O)NNC(=O)CCCOc1ccccc1C. The lowest BCUT2D eigenvalue weighted by Crippen LogP contribution is -2.43. The number of carbonyl (C=O) groups is 2. The van der Waals surface area contributed by atoms with Crippen molar-refractivity contribution in [2.24, 2.45) is 0 Å². The zero-order valence-corrected chi connectivity index (χ0v) is 16.2. The molecule has 2 aromatic rings. The normalized spacial score (nSPS) is 10.1. The van der Waals surface area contributed by atoms with Crippen molar-refractivity contribution in [1.29, 1.82) is 0 Å². The van der Waals surface area contributed by atoms with Crippen LogP contribution in [0.5, 0.6) is 17.2 Å². The minimum Gasteiger partial charge on any atom is -0.493 e. The average Bonchev–Trinajstić information content (AvgIpc) is 2.70. The summed E-state index contributed by atoms with van der Waals surface area (Å²) in [6, 6.07) is 14.8. The number of amides is 2. The fraction of sp³-hybridized carbons (Fsp3) is 0.333. The molecule has 0 saturated carbocycles. The molecular weight excluding hydrogens is 360 g/mol. The van der Waals surface area contributed by atoms with E-state index in [9.17, 15) is 9.59 Å². The largest absolute Gasteiger partial charge is 0.493 e. The van der Waals surface area contributed by atoms with Crippen molar-refractivity contribution in [1.82, 2.24) is 10.9 Å². The third-order valence-corrected chi connectivity index (χ3v) is 3.75. The highest BCUT2D eigenvalue weighted by Gasteiger charge is 2.09. The van der Waals surface area contributed by atoms with E-state index in [4.69, 9.17) is 14.2 Å². The Morgan fingerprint density at radius 1 is 0.821 bits per heavy atom. The molecule has 0 saturated heterocycles. The Labute approximate surface area is 165 Å². The molecule has 0 aromatic heterocycles. The highest BCUT2D eigenvalue weighted by Crippen LogP contribution is 2.26. The number of para-hydroxylation sites is 3. The summed E-state index contributed by atoms with van der Waals surface area (Å²) in [7, 11) is 0. The molecule has 0 bridgehead atoms. The van der Waals surface area contributed by atoms with E-state index >= 15 is 0 Å². The van der Waals surface area contributed by atoms with Gasteiger partial charge in [-0.25, -0.2) is 0 Å². The van der Waals surface area contributed by atoms with Crippen molar-refractivity contribution >= 4 is 11.8 Å².